The Morgan fingerprint density at radius 3 is 2.64 bits per heavy atom. The van der Waals surface area contributed by atoms with Gasteiger partial charge in [0.25, 0.3) is 0 Å². The molecule has 2 fully saturated rings. The molecule has 176 valence electrons. The highest BCUT2D eigenvalue weighted by molar-refractivity contribution is 5.80. The van der Waals surface area contributed by atoms with Crippen LogP contribution in [0.25, 0.3) is 0 Å². The van der Waals surface area contributed by atoms with Gasteiger partial charge in [0.2, 0.25) is 5.91 Å². The number of nitrogens with one attached hydrogen (secondary N) is 2. The van der Waals surface area contributed by atoms with Gasteiger partial charge in [0, 0.05) is 31.6 Å². The molecular weight excluding hydrogens is 410 g/mol. The smallest absolute Gasteiger partial charge is 0.221 e. The van der Waals surface area contributed by atoms with Gasteiger partial charge in [-0.25, -0.2) is 4.99 Å². The Kier molecular flexibility index (Phi) is 7.65. The van der Waals surface area contributed by atoms with E-state index in [1.165, 1.54) is 29.5 Å². The van der Waals surface area contributed by atoms with E-state index in [2.05, 4.69) is 77.1 Å². The molecule has 0 spiro atoms. The Morgan fingerprint density at radius 2 is 1.91 bits per heavy atom. The Bertz CT molecular complexity index is 954. The predicted octanol–water partition coefficient (Wildman–Crippen LogP) is 3.17. The summed E-state index contributed by atoms with van der Waals surface area (Å²) in [4.78, 5) is 18.8. The van der Waals surface area contributed by atoms with E-state index in [9.17, 15) is 4.79 Å². The minimum atomic E-state index is -0.175. The van der Waals surface area contributed by atoms with Crippen LogP contribution < -0.4 is 16.4 Å². The number of guanidine groups is 1. The van der Waals surface area contributed by atoms with E-state index in [1.54, 1.807) is 0 Å². The zero-order chi connectivity index (χ0) is 23.1. The number of carbonyl (C=O) groups is 1. The molecule has 1 saturated heterocycles. The average Bonchev–Trinajstić information content (AvgIpc) is 3.63. The number of benzene rings is 2. The van der Waals surface area contributed by atoms with Crippen LogP contribution in [0.15, 0.2) is 59.6 Å². The Hall–Kier alpha value is -2.86. The number of likely N-dealkylation sites (tertiary alicyclic amines) is 1. The third-order valence-electron chi connectivity index (χ3n) is 6.90. The van der Waals surface area contributed by atoms with Crippen LogP contribution in [-0.2, 0) is 23.3 Å². The lowest BCUT2D eigenvalue weighted by Crippen LogP contribution is -2.41. The van der Waals surface area contributed by atoms with E-state index in [1.807, 2.05) is 0 Å². The second-order valence-electron chi connectivity index (χ2n) is 9.49. The van der Waals surface area contributed by atoms with Gasteiger partial charge in [-0.1, -0.05) is 54.6 Å². The molecule has 4 N–H and O–H groups in total. The molecule has 0 bridgehead atoms. The normalized spacial score (nSPS) is 20.3. The molecule has 6 heteroatoms. The molecule has 1 aliphatic heterocycles. The number of primary amides is 1. The summed E-state index contributed by atoms with van der Waals surface area (Å²) < 4.78 is 0. The summed E-state index contributed by atoms with van der Waals surface area (Å²) in [7, 11) is 0. The van der Waals surface area contributed by atoms with E-state index in [0.717, 1.165) is 51.5 Å². The third kappa shape index (κ3) is 6.35. The number of hydrogen-bond acceptors (Lipinski definition) is 3. The van der Waals surface area contributed by atoms with Crippen LogP contribution in [0.3, 0.4) is 0 Å². The van der Waals surface area contributed by atoms with Crippen LogP contribution in [0.1, 0.15) is 49.3 Å². The lowest BCUT2D eigenvalue weighted by atomic mass is 9.96. The number of aliphatic imine (C=N–C) groups is 1. The van der Waals surface area contributed by atoms with Crippen LogP contribution in [0.2, 0.25) is 0 Å². The highest BCUT2D eigenvalue weighted by Gasteiger charge is 2.44. The van der Waals surface area contributed by atoms with Crippen molar-refractivity contribution in [1.82, 2.24) is 15.5 Å². The van der Waals surface area contributed by atoms with Crippen molar-refractivity contribution in [3.63, 3.8) is 0 Å². The maximum atomic E-state index is 11.6. The minimum Gasteiger partial charge on any atom is -0.369 e. The molecule has 4 rings (SSSR count). The van der Waals surface area contributed by atoms with Crippen LogP contribution in [0.4, 0.5) is 0 Å². The molecule has 2 aromatic carbocycles. The van der Waals surface area contributed by atoms with Gasteiger partial charge < -0.3 is 16.4 Å². The first kappa shape index (κ1) is 23.3. The van der Waals surface area contributed by atoms with Crippen LogP contribution >= 0.6 is 0 Å². The maximum Gasteiger partial charge on any atom is 0.221 e. The van der Waals surface area contributed by atoms with Crippen molar-refractivity contribution in [3.05, 3.63) is 71.3 Å². The zero-order valence-corrected chi connectivity index (χ0v) is 19.7. The van der Waals surface area contributed by atoms with Crippen molar-refractivity contribution in [2.45, 2.75) is 51.1 Å². The Labute approximate surface area is 197 Å². The third-order valence-corrected chi connectivity index (χ3v) is 6.90. The summed E-state index contributed by atoms with van der Waals surface area (Å²) in [6, 6.07) is 19.4. The second kappa shape index (κ2) is 10.8. The van der Waals surface area contributed by atoms with Crippen molar-refractivity contribution >= 4 is 11.9 Å². The first-order valence-corrected chi connectivity index (χ1v) is 12.3. The van der Waals surface area contributed by atoms with Gasteiger partial charge in [-0.05, 0) is 55.8 Å². The van der Waals surface area contributed by atoms with Gasteiger partial charge in [0.05, 0.1) is 12.5 Å². The quantitative estimate of drug-likeness (QED) is 0.407. The lowest BCUT2D eigenvalue weighted by molar-refractivity contribution is -0.123. The molecule has 33 heavy (non-hydrogen) atoms. The summed E-state index contributed by atoms with van der Waals surface area (Å²) in [5.41, 5.74) is 9.64. The van der Waals surface area contributed by atoms with Crippen LogP contribution in [-0.4, -0.2) is 42.9 Å². The Morgan fingerprint density at radius 1 is 1.12 bits per heavy atom. The molecule has 1 aliphatic carbocycles. The zero-order valence-electron chi connectivity index (χ0n) is 19.7. The summed E-state index contributed by atoms with van der Waals surface area (Å²) in [5.74, 6) is 0.669. The molecule has 2 aromatic rings. The summed E-state index contributed by atoms with van der Waals surface area (Å²) >= 11 is 0. The molecule has 1 atom stereocenters. The number of nitrogens with zero attached hydrogens (tertiary/aromatic N) is 2. The molecule has 1 heterocycles. The van der Waals surface area contributed by atoms with Crippen LogP contribution in [0.5, 0.6) is 0 Å². The summed E-state index contributed by atoms with van der Waals surface area (Å²) in [6.07, 6.45) is 4.38. The average molecular weight is 448 g/mol. The monoisotopic (exact) mass is 447 g/mol. The predicted molar refractivity (Wildman–Crippen MR) is 134 cm³/mol. The van der Waals surface area contributed by atoms with Gasteiger partial charge in [-0.3, -0.25) is 9.69 Å². The number of rotatable bonds is 9. The summed E-state index contributed by atoms with van der Waals surface area (Å²) in [6.45, 7) is 7.09. The molecule has 1 unspecified atom stereocenters. The van der Waals surface area contributed by atoms with E-state index in [4.69, 9.17) is 10.7 Å². The molecule has 0 aromatic heterocycles. The van der Waals surface area contributed by atoms with Crippen LogP contribution in [0, 0.1) is 5.92 Å². The van der Waals surface area contributed by atoms with E-state index in [-0.39, 0.29) is 17.2 Å². The van der Waals surface area contributed by atoms with E-state index in [0.29, 0.717) is 6.54 Å². The first-order chi connectivity index (χ1) is 16.1. The fraction of sp³-hybridized carbons (Fsp3) is 0.481. The highest BCUT2D eigenvalue weighted by atomic mass is 16.1. The largest absolute Gasteiger partial charge is 0.369 e. The summed E-state index contributed by atoms with van der Waals surface area (Å²) in [5, 5.41) is 6.96. The fourth-order valence-electron chi connectivity index (χ4n) is 4.79. The highest BCUT2D eigenvalue weighted by Crippen LogP contribution is 2.47. The Balaban J connectivity index is 1.35. The number of hydrogen-bond donors (Lipinski definition) is 3. The van der Waals surface area contributed by atoms with Gasteiger partial charge in [0.15, 0.2) is 5.96 Å². The van der Waals surface area contributed by atoms with Gasteiger partial charge >= 0.3 is 0 Å². The van der Waals surface area contributed by atoms with Crippen molar-refractivity contribution in [1.29, 1.82) is 0 Å². The number of carbonyl (C=O) groups excluding carboxylic acids is 1. The molecule has 1 saturated carbocycles. The van der Waals surface area contributed by atoms with Crippen molar-refractivity contribution in [2.24, 2.45) is 16.6 Å². The topological polar surface area (TPSA) is 82.8 Å². The molecule has 0 radical (unpaired) electrons. The van der Waals surface area contributed by atoms with Gasteiger partial charge in [0.1, 0.15) is 0 Å². The molecular formula is C27H37N5O. The van der Waals surface area contributed by atoms with Crippen molar-refractivity contribution in [3.8, 4) is 0 Å². The standard InChI is InChI=1S/C27H37N5O/c1-2-29-26(31-20-27(13-14-27)24-11-4-3-5-12-24)30-17-21-8-6-9-22(16-21)18-32-15-7-10-23(19-32)25(28)33/h3-6,8-9,11-12,16,23H,2,7,10,13-15,17-20H2,1H3,(H2,28,33)(H2,29,30,31). The SMILES string of the molecule is CCNC(=NCc1cccc(CN2CCCC(C(N)=O)C2)c1)NCC1(c2ccccc2)CC1. The maximum absolute atomic E-state index is 11.6. The van der Waals surface area contributed by atoms with Crippen molar-refractivity contribution in [2.75, 3.05) is 26.2 Å². The molecule has 2 aliphatic rings. The van der Waals surface area contributed by atoms with Crippen molar-refractivity contribution < 1.29 is 4.79 Å². The number of nitrogens with two attached hydrogens (primary N) is 1. The number of piperidine rings is 1. The molecule has 6 nitrogen and oxygen atoms in total. The number of amides is 1. The van der Waals surface area contributed by atoms with E-state index >= 15 is 0 Å². The first-order valence-electron chi connectivity index (χ1n) is 12.3. The van der Waals surface area contributed by atoms with Gasteiger partial charge in [-0.15, -0.1) is 0 Å². The molecule has 1 amide bonds. The van der Waals surface area contributed by atoms with E-state index < -0.39 is 0 Å². The van der Waals surface area contributed by atoms with Gasteiger partial charge in [-0.2, -0.15) is 0 Å². The second-order valence-corrected chi connectivity index (χ2v) is 9.49. The lowest BCUT2D eigenvalue weighted by Gasteiger charge is -2.31. The fourth-order valence-corrected chi connectivity index (χ4v) is 4.79. The minimum absolute atomic E-state index is 0.0223.